The van der Waals surface area contributed by atoms with Gasteiger partial charge in [-0.3, -0.25) is 4.79 Å². The fourth-order valence-electron chi connectivity index (χ4n) is 3.68. The fourth-order valence-corrected chi connectivity index (χ4v) is 3.68. The van der Waals surface area contributed by atoms with Gasteiger partial charge in [0.2, 0.25) is 0 Å². The zero-order chi connectivity index (χ0) is 13.0. The summed E-state index contributed by atoms with van der Waals surface area (Å²) in [5.41, 5.74) is 0.634. The van der Waals surface area contributed by atoms with E-state index in [-0.39, 0.29) is 11.5 Å². The summed E-state index contributed by atoms with van der Waals surface area (Å²) in [6.07, 6.45) is 7.55. The Morgan fingerprint density at radius 1 is 1.33 bits per heavy atom. The Bertz CT molecular complexity index is 423. The molecule has 4 atom stereocenters. The van der Waals surface area contributed by atoms with Crippen LogP contribution in [-0.4, -0.2) is 24.3 Å². The average Bonchev–Trinajstić information content (AvgIpc) is 3.18. The molecule has 2 fully saturated rings. The van der Waals surface area contributed by atoms with Gasteiger partial charge in [-0.2, -0.15) is 0 Å². The van der Waals surface area contributed by atoms with Crippen LogP contribution in [-0.2, 0) is 14.3 Å². The van der Waals surface area contributed by atoms with Crippen LogP contribution in [0, 0.1) is 17.3 Å². The molecule has 2 aliphatic carbocycles. The quantitative estimate of drug-likeness (QED) is 0.556. The van der Waals surface area contributed by atoms with E-state index in [9.17, 15) is 9.59 Å². The van der Waals surface area contributed by atoms with E-state index in [1.165, 1.54) is 0 Å². The number of allylic oxidation sites excluding steroid dienone is 2. The largest absolute Gasteiger partial charge is 0.358 e. The molecule has 0 aromatic rings. The first kappa shape index (κ1) is 12.1. The zero-order valence-electron chi connectivity index (χ0n) is 11.0. The molecule has 3 rings (SSSR count). The highest BCUT2D eigenvalue weighted by molar-refractivity contribution is 5.74. The summed E-state index contributed by atoms with van der Waals surface area (Å²) < 4.78 is 5.60. The van der Waals surface area contributed by atoms with E-state index in [0.29, 0.717) is 11.8 Å². The van der Waals surface area contributed by atoms with Gasteiger partial charge in [0, 0.05) is 0 Å². The van der Waals surface area contributed by atoms with Crippen LogP contribution in [0.3, 0.4) is 0 Å². The van der Waals surface area contributed by atoms with E-state index in [1.54, 1.807) is 0 Å². The van der Waals surface area contributed by atoms with Crippen molar-refractivity contribution in [3.8, 4) is 0 Å². The minimum absolute atomic E-state index is 0.0387. The number of aldehydes is 2. The first-order chi connectivity index (χ1) is 8.53. The molecule has 0 unspecified atom stereocenters. The molecule has 18 heavy (non-hydrogen) atoms. The highest BCUT2D eigenvalue weighted by Crippen LogP contribution is 2.63. The van der Waals surface area contributed by atoms with Gasteiger partial charge in [0.1, 0.15) is 11.9 Å². The van der Waals surface area contributed by atoms with E-state index in [2.05, 4.69) is 19.9 Å². The highest BCUT2D eigenvalue weighted by atomic mass is 16.6. The molecule has 0 aromatic heterocycles. The fraction of sp³-hybridized carbons (Fsp3) is 0.733. The molecular weight excluding hydrogens is 228 g/mol. The molecule has 1 saturated carbocycles. The molecule has 1 aliphatic heterocycles. The second-order valence-electron chi connectivity index (χ2n) is 6.57. The molecule has 98 valence electrons. The predicted molar refractivity (Wildman–Crippen MR) is 67.0 cm³/mol. The summed E-state index contributed by atoms with van der Waals surface area (Å²) in [5.74, 6) is 1.09. The molecule has 1 saturated heterocycles. The molecule has 0 radical (unpaired) electrons. The molecule has 1 heterocycles. The lowest BCUT2D eigenvalue weighted by atomic mass is 9.93. The molecule has 0 spiro atoms. The van der Waals surface area contributed by atoms with Crippen LogP contribution < -0.4 is 0 Å². The second kappa shape index (κ2) is 3.77. The van der Waals surface area contributed by atoms with Gasteiger partial charge in [-0.25, -0.2) is 0 Å². The van der Waals surface area contributed by atoms with Crippen molar-refractivity contribution < 1.29 is 14.3 Å². The Kier molecular flexibility index (Phi) is 2.53. The third-order valence-corrected chi connectivity index (χ3v) is 5.27. The van der Waals surface area contributed by atoms with Crippen LogP contribution in [0.2, 0.25) is 0 Å². The molecule has 3 heteroatoms. The number of rotatable bonds is 2. The summed E-state index contributed by atoms with van der Waals surface area (Å²) in [6, 6.07) is 0. The smallest absolute Gasteiger partial charge is 0.154 e. The Morgan fingerprint density at radius 2 is 2.11 bits per heavy atom. The standard InChI is InChI=1S/C15H20O3/c1-14(2)11-5-6-15(9-17)13(18-15)4-3-10(8-16)7-12(11)14/h7-9,11-13H,3-6H2,1-2H3/t11-,12+,13-,15+/m1/s1. The number of hydrogen-bond acceptors (Lipinski definition) is 3. The minimum Gasteiger partial charge on any atom is -0.358 e. The molecule has 0 N–H and O–H groups in total. The third kappa shape index (κ3) is 1.68. The maximum atomic E-state index is 11.2. The highest BCUT2D eigenvalue weighted by Gasteiger charge is 2.61. The van der Waals surface area contributed by atoms with Gasteiger partial charge in [0.05, 0.1) is 6.10 Å². The number of hydrogen-bond donors (Lipinski definition) is 0. The van der Waals surface area contributed by atoms with Crippen molar-refractivity contribution in [1.29, 1.82) is 0 Å². The maximum Gasteiger partial charge on any atom is 0.154 e. The average molecular weight is 248 g/mol. The first-order valence-electron chi connectivity index (χ1n) is 6.83. The lowest BCUT2D eigenvalue weighted by Gasteiger charge is -2.07. The summed E-state index contributed by atoms with van der Waals surface area (Å²) in [5, 5.41) is 0. The first-order valence-corrected chi connectivity index (χ1v) is 6.83. The van der Waals surface area contributed by atoms with Crippen molar-refractivity contribution >= 4 is 12.6 Å². The van der Waals surface area contributed by atoms with E-state index in [1.807, 2.05) is 0 Å². The van der Waals surface area contributed by atoms with Crippen LogP contribution in [0.4, 0.5) is 0 Å². The number of ether oxygens (including phenoxy) is 1. The second-order valence-corrected chi connectivity index (χ2v) is 6.57. The zero-order valence-corrected chi connectivity index (χ0v) is 11.0. The lowest BCUT2D eigenvalue weighted by molar-refractivity contribution is -0.112. The Labute approximate surface area is 108 Å². The molecular formula is C15H20O3. The molecule has 3 nitrogen and oxygen atoms in total. The monoisotopic (exact) mass is 248 g/mol. The molecule has 3 aliphatic rings. The lowest BCUT2D eigenvalue weighted by Crippen LogP contribution is -2.18. The minimum atomic E-state index is -0.519. The van der Waals surface area contributed by atoms with Crippen molar-refractivity contribution in [2.24, 2.45) is 17.3 Å². The van der Waals surface area contributed by atoms with E-state index < -0.39 is 5.60 Å². The van der Waals surface area contributed by atoms with Crippen LogP contribution >= 0.6 is 0 Å². The molecule has 0 aromatic carbocycles. The van der Waals surface area contributed by atoms with Crippen molar-refractivity contribution in [2.75, 3.05) is 0 Å². The summed E-state index contributed by atoms with van der Waals surface area (Å²) in [7, 11) is 0. The van der Waals surface area contributed by atoms with E-state index >= 15 is 0 Å². The number of carbonyl (C=O) groups excluding carboxylic acids is 2. The maximum absolute atomic E-state index is 11.2. The summed E-state index contributed by atoms with van der Waals surface area (Å²) in [6.45, 7) is 4.50. The van der Waals surface area contributed by atoms with Crippen LogP contribution in [0.15, 0.2) is 11.6 Å². The number of carbonyl (C=O) groups is 2. The van der Waals surface area contributed by atoms with Crippen molar-refractivity contribution in [1.82, 2.24) is 0 Å². The molecule has 0 bridgehead atoms. The predicted octanol–water partition coefficient (Wildman–Crippen LogP) is 2.29. The number of epoxide rings is 1. The van der Waals surface area contributed by atoms with Gasteiger partial charge in [-0.1, -0.05) is 19.9 Å². The van der Waals surface area contributed by atoms with Gasteiger partial charge in [0.15, 0.2) is 6.29 Å². The number of fused-ring (bicyclic) bond motifs is 2. The topological polar surface area (TPSA) is 46.7 Å². The Hall–Kier alpha value is -0.960. The van der Waals surface area contributed by atoms with E-state index in [0.717, 1.165) is 43.8 Å². The van der Waals surface area contributed by atoms with Crippen LogP contribution in [0.25, 0.3) is 0 Å². The third-order valence-electron chi connectivity index (χ3n) is 5.27. The van der Waals surface area contributed by atoms with Crippen molar-refractivity contribution in [3.05, 3.63) is 11.6 Å². The van der Waals surface area contributed by atoms with Gasteiger partial charge < -0.3 is 9.53 Å². The summed E-state index contributed by atoms with van der Waals surface area (Å²) >= 11 is 0. The Morgan fingerprint density at radius 3 is 2.78 bits per heavy atom. The normalized spacial score (nSPS) is 45.0. The Balaban J connectivity index is 1.83. The van der Waals surface area contributed by atoms with Gasteiger partial charge >= 0.3 is 0 Å². The van der Waals surface area contributed by atoms with Crippen LogP contribution in [0.1, 0.15) is 39.5 Å². The molecule has 0 amide bonds. The van der Waals surface area contributed by atoms with Crippen molar-refractivity contribution in [3.63, 3.8) is 0 Å². The van der Waals surface area contributed by atoms with Gasteiger partial charge in [0.25, 0.3) is 0 Å². The van der Waals surface area contributed by atoms with Crippen LogP contribution in [0.5, 0.6) is 0 Å². The summed E-state index contributed by atoms with van der Waals surface area (Å²) in [4.78, 5) is 22.3. The van der Waals surface area contributed by atoms with Gasteiger partial charge in [-0.15, -0.1) is 0 Å². The van der Waals surface area contributed by atoms with E-state index in [4.69, 9.17) is 4.74 Å². The SMILES string of the molecule is CC1(C)[C@@H]2CC[C@@]3(C=O)O[C@@H]3CCC(C=O)=C[C@@H]21. The van der Waals surface area contributed by atoms with Gasteiger partial charge in [-0.05, 0) is 48.5 Å². The van der Waals surface area contributed by atoms with Crippen molar-refractivity contribution in [2.45, 2.75) is 51.2 Å².